The zero-order valence-corrected chi connectivity index (χ0v) is 10.5. The molecule has 3 heterocycles. The molecule has 0 N–H and O–H groups in total. The molecule has 5 heteroatoms. The molecule has 0 bridgehead atoms. The van der Waals surface area contributed by atoms with Crippen molar-refractivity contribution >= 4 is 5.91 Å². The smallest absolute Gasteiger partial charge is 0.291 e. The second kappa shape index (κ2) is 5.22. The molecule has 2 aromatic heterocycles. The van der Waals surface area contributed by atoms with Gasteiger partial charge in [0.15, 0.2) is 6.39 Å². The molecule has 0 saturated carbocycles. The number of hydrogen-bond acceptors (Lipinski definition) is 4. The van der Waals surface area contributed by atoms with E-state index in [1.54, 1.807) is 6.20 Å². The number of likely N-dealkylation sites (tertiary alicyclic amines) is 1. The predicted octanol–water partition coefficient (Wildman–Crippen LogP) is 2.44. The molecular formula is C14H15N3O2. The minimum atomic E-state index is -0.104. The fourth-order valence-electron chi connectivity index (χ4n) is 2.52. The van der Waals surface area contributed by atoms with E-state index in [0.717, 1.165) is 31.5 Å². The van der Waals surface area contributed by atoms with E-state index in [1.807, 2.05) is 23.1 Å². The monoisotopic (exact) mass is 257 g/mol. The summed E-state index contributed by atoms with van der Waals surface area (Å²) in [5, 5.41) is 0. The molecular weight excluding hydrogens is 242 g/mol. The van der Waals surface area contributed by atoms with Gasteiger partial charge in [0.2, 0.25) is 5.76 Å². The maximum atomic E-state index is 12.4. The minimum Gasteiger partial charge on any atom is -0.438 e. The zero-order valence-electron chi connectivity index (χ0n) is 10.5. The molecule has 2 aromatic rings. The Bertz CT molecular complexity index is 539. The standard InChI is InChI=1S/C14H15N3O2/c18-14(13-9-15-10-19-13)17-8-4-2-6-12(17)11-5-1-3-7-16-11/h1,3,5,7,9-10,12H,2,4,6,8H2/t12-/m1/s1. The lowest BCUT2D eigenvalue weighted by Crippen LogP contribution is -2.38. The van der Waals surface area contributed by atoms with E-state index in [2.05, 4.69) is 9.97 Å². The van der Waals surface area contributed by atoms with Crippen molar-refractivity contribution < 1.29 is 9.21 Å². The predicted molar refractivity (Wildman–Crippen MR) is 68.4 cm³/mol. The fourth-order valence-corrected chi connectivity index (χ4v) is 2.52. The molecule has 0 radical (unpaired) electrons. The van der Waals surface area contributed by atoms with Crippen LogP contribution in [0.1, 0.15) is 41.6 Å². The molecule has 1 atom stereocenters. The van der Waals surface area contributed by atoms with Crippen molar-refractivity contribution in [2.24, 2.45) is 0 Å². The van der Waals surface area contributed by atoms with E-state index < -0.39 is 0 Å². The van der Waals surface area contributed by atoms with Gasteiger partial charge in [-0.25, -0.2) is 4.98 Å². The largest absolute Gasteiger partial charge is 0.438 e. The number of aromatic nitrogens is 2. The van der Waals surface area contributed by atoms with Crippen LogP contribution in [0.4, 0.5) is 0 Å². The van der Waals surface area contributed by atoms with Gasteiger partial charge in [-0.15, -0.1) is 0 Å². The van der Waals surface area contributed by atoms with Crippen LogP contribution < -0.4 is 0 Å². The summed E-state index contributed by atoms with van der Waals surface area (Å²) in [5.74, 6) is 0.190. The van der Waals surface area contributed by atoms with Crippen LogP contribution in [0.15, 0.2) is 41.4 Å². The number of nitrogens with zero attached hydrogens (tertiary/aromatic N) is 3. The van der Waals surface area contributed by atoms with Crippen LogP contribution in [0.5, 0.6) is 0 Å². The lowest BCUT2D eigenvalue weighted by atomic mass is 9.98. The highest BCUT2D eigenvalue weighted by molar-refractivity contribution is 5.91. The van der Waals surface area contributed by atoms with Gasteiger partial charge in [0.1, 0.15) is 0 Å². The molecule has 0 unspecified atom stereocenters. The topological polar surface area (TPSA) is 59.2 Å². The van der Waals surface area contributed by atoms with Gasteiger partial charge < -0.3 is 9.32 Å². The van der Waals surface area contributed by atoms with Gasteiger partial charge in [0.05, 0.1) is 17.9 Å². The van der Waals surface area contributed by atoms with E-state index >= 15 is 0 Å². The fraction of sp³-hybridized carbons (Fsp3) is 0.357. The van der Waals surface area contributed by atoms with E-state index in [-0.39, 0.29) is 11.9 Å². The second-order valence-electron chi connectivity index (χ2n) is 4.63. The SMILES string of the molecule is O=C(c1cnco1)N1CCCC[C@@H]1c1ccccn1. The minimum absolute atomic E-state index is 0.0348. The molecule has 0 aromatic carbocycles. The van der Waals surface area contributed by atoms with Gasteiger partial charge in [-0.3, -0.25) is 9.78 Å². The normalized spacial score (nSPS) is 19.4. The van der Waals surface area contributed by atoms with E-state index in [1.165, 1.54) is 12.6 Å². The number of piperidine rings is 1. The first kappa shape index (κ1) is 11.9. The highest BCUT2D eigenvalue weighted by Gasteiger charge is 2.30. The van der Waals surface area contributed by atoms with Crippen LogP contribution >= 0.6 is 0 Å². The molecule has 3 rings (SSSR count). The van der Waals surface area contributed by atoms with E-state index in [4.69, 9.17) is 4.42 Å². The first-order chi connectivity index (χ1) is 9.36. The lowest BCUT2D eigenvalue weighted by molar-refractivity contribution is 0.0573. The number of amides is 1. The quantitative estimate of drug-likeness (QED) is 0.829. The Kier molecular flexibility index (Phi) is 3.27. The maximum Gasteiger partial charge on any atom is 0.291 e. The molecule has 19 heavy (non-hydrogen) atoms. The Labute approximate surface area is 111 Å². The summed E-state index contributed by atoms with van der Waals surface area (Å²) in [5.41, 5.74) is 0.940. The average Bonchev–Trinajstić information content (AvgIpc) is 3.02. The first-order valence-corrected chi connectivity index (χ1v) is 6.46. The van der Waals surface area contributed by atoms with Crippen LogP contribution in [-0.4, -0.2) is 27.3 Å². The molecule has 0 aliphatic carbocycles. The van der Waals surface area contributed by atoms with E-state index in [0.29, 0.717) is 5.76 Å². The summed E-state index contributed by atoms with van der Waals surface area (Å²) in [6, 6.07) is 5.84. The van der Waals surface area contributed by atoms with Gasteiger partial charge in [0, 0.05) is 12.7 Å². The summed E-state index contributed by atoms with van der Waals surface area (Å²) >= 11 is 0. The Morgan fingerprint density at radius 1 is 1.37 bits per heavy atom. The third-order valence-corrected chi connectivity index (χ3v) is 3.44. The second-order valence-corrected chi connectivity index (χ2v) is 4.63. The van der Waals surface area contributed by atoms with Crippen LogP contribution in [0.25, 0.3) is 0 Å². The van der Waals surface area contributed by atoms with Crippen molar-refractivity contribution in [1.29, 1.82) is 0 Å². The van der Waals surface area contributed by atoms with Crippen molar-refractivity contribution in [2.45, 2.75) is 25.3 Å². The Morgan fingerprint density at radius 2 is 2.32 bits per heavy atom. The Hall–Kier alpha value is -2.17. The molecule has 1 amide bonds. The van der Waals surface area contributed by atoms with Crippen molar-refractivity contribution in [3.8, 4) is 0 Å². The molecule has 98 valence electrons. The summed E-state index contributed by atoms with van der Waals surface area (Å²) in [7, 11) is 0. The highest BCUT2D eigenvalue weighted by Crippen LogP contribution is 2.30. The third-order valence-electron chi connectivity index (χ3n) is 3.44. The number of carbonyl (C=O) groups is 1. The summed E-state index contributed by atoms with van der Waals surface area (Å²) in [6.07, 6.45) is 7.59. The number of hydrogen-bond donors (Lipinski definition) is 0. The number of rotatable bonds is 2. The molecule has 0 spiro atoms. The maximum absolute atomic E-state index is 12.4. The van der Waals surface area contributed by atoms with Gasteiger partial charge >= 0.3 is 0 Å². The van der Waals surface area contributed by atoms with Crippen molar-refractivity contribution in [1.82, 2.24) is 14.9 Å². The summed E-state index contributed by atoms with van der Waals surface area (Å²) < 4.78 is 5.11. The molecule has 1 aliphatic rings. The van der Waals surface area contributed by atoms with Crippen molar-refractivity contribution in [3.05, 3.63) is 48.4 Å². The highest BCUT2D eigenvalue weighted by atomic mass is 16.3. The summed E-state index contributed by atoms with van der Waals surface area (Å²) in [6.45, 7) is 0.737. The molecule has 5 nitrogen and oxygen atoms in total. The van der Waals surface area contributed by atoms with Crippen molar-refractivity contribution in [2.75, 3.05) is 6.54 Å². The van der Waals surface area contributed by atoms with Gasteiger partial charge in [-0.05, 0) is 31.4 Å². The first-order valence-electron chi connectivity index (χ1n) is 6.46. The Balaban J connectivity index is 1.87. The average molecular weight is 257 g/mol. The van der Waals surface area contributed by atoms with Gasteiger partial charge in [0.25, 0.3) is 5.91 Å². The number of oxazole rings is 1. The molecule has 1 aliphatic heterocycles. The van der Waals surface area contributed by atoms with Crippen molar-refractivity contribution in [3.63, 3.8) is 0 Å². The molecule has 1 saturated heterocycles. The third kappa shape index (κ3) is 2.36. The zero-order chi connectivity index (χ0) is 13.1. The van der Waals surface area contributed by atoms with Gasteiger partial charge in [-0.2, -0.15) is 0 Å². The summed E-state index contributed by atoms with van der Waals surface area (Å²) in [4.78, 5) is 22.4. The van der Waals surface area contributed by atoms with Crippen LogP contribution in [0.2, 0.25) is 0 Å². The van der Waals surface area contributed by atoms with Crippen LogP contribution in [0.3, 0.4) is 0 Å². The van der Waals surface area contributed by atoms with Gasteiger partial charge in [-0.1, -0.05) is 6.07 Å². The number of carbonyl (C=O) groups excluding carboxylic acids is 1. The van der Waals surface area contributed by atoms with Crippen LogP contribution in [0, 0.1) is 0 Å². The molecule has 1 fully saturated rings. The van der Waals surface area contributed by atoms with E-state index in [9.17, 15) is 4.79 Å². The Morgan fingerprint density at radius 3 is 3.05 bits per heavy atom. The lowest BCUT2D eigenvalue weighted by Gasteiger charge is -2.34. The van der Waals surface area contributed by atoms with Crippen LogP contribution in [-0.2, 0) is 0 Å². The number of pyridine rings is 1.